The second-order valence-electron chi connectivity index (χ2n) is 7.52. The van der Waals surface area contributed by atoms with Gasteiger partial charge in [0, 0.05) is 25.3 Å². The smallest absolute Gasteiger partial charge is 0.413 e. The van der Waals surface area contributed by atoms with Gasteiger partial charge in [-0.1, -0.05) is 0 Å². The third-order valence-electron chi connectivity index (χ3n) is 5.26. The molecule has 2 N–H and O–H groups in total. The maximum absolute atomic E-state index is 12.9. The third kappa shape index (κ3) is 5.81. The Bertz CT molecular complexity index is 1290. The van der Waals surface area contributed by atoms with E-state index in [0.717, 1.165) is 24.7 Å². The molecule has 0 unspecified atom stereocenters. The quantitative estimate of drug-likeness (QED) is 0.573. The molecule has 0 aliphatic carbocycles. The molecule has 1 saturated heterocycles. The Morgan fingerprint density at radius 1 is 1.00 bits per heavy atom. The monoisotopic (exact) mass is 529 g/mol. The molecule has 1 aromatic carbocycles. The second-order valence-corrected chi connectivity index (χ2v) is 12.4. The van der Waals surface area contributed by atoms with Crippen molar-refractivity contribution in [3.63, 3.8) is 0 Å². The molecule has 0 atom stereocenters. The molecule has 34 heavy (non-hydrogen) atoms. The first kappa shape index (κ1) is 25.8. The molecule has 0 bridgehead atoms. The Balaban J connectivity index is 1.62. The number of carbonyl (C=O) groups is 3. The average molecular weight is 530 g/mol. The first-order valence-corrected chi connectivity index (χ1v) is 14.2. The number of piperidine rings is 1. The second kappa shape index (κ2) is 10.2. The fraction of sp³-hybridized carbons (Fsp3) is 0.350. The van der Waals surface area contributed by atoms with Crippen LogP contribution in [0.1, 0.15) is 23.2 Å². The fourth-order valence-electron chi connectivity index (χ4n) is 3.38. The summed E-state index contributed by atoms with van der Waals surface area (Å²) in [6, 6.07) is 6.46. The lowest BCUT2D eigenvalue weighted by Crippen LogP contribution is -2.41. The molecule has 0 spiro atoms. The molecule has 11 nitrogen and oxygen atoms in total. The molecular weight excluding hydrogens is 506 g/mol. The maximum atomic E-state index is 12.9. The zero-order chi connectivity index (χ0) is 25.1. The zero-order valence-corrected chi connectivity index (χ0v) is 20.8. The molecule has 1 fully saturated rings. The summed E-state index contributed by atoms with van der Waals surface area (Å²) < 4.78 is 54.6. The van der Waals surface area contributed by atoms with Gasteiger partial charge in [-0.05, 0) is 48.6 Å². The van der Waals surface area contributed by atoms with Gasteiger partial charge >= 0.3 is 6.09 Å². The molecular formula is C20H23N3O8S3. The summed E-state index contributed by atoms with van der Waals surface area (Å²) in [5, 5.41) is 6.56. The average Bonchev–Trinajstić information content (AvgIpc) is 3.26. The molecule has 2 aromatic rings. The minimum absolute atomic E-state index is 0.0232. The first-order chi connectivity index (χ1) is 15.9. The van der Waals surface area contributed by atoms with Gasteiger partial charge in [-0.3, -0.25) is 14.9 Å². The van der Waals surface area contributed by atoms with Crippen molar-refractivity contribution in [2.45, 2.75) is 22.6 Å². The van der Waals surface area contributed by atoms with Gasteiger partial charge in [0.1, 0.15) is 5.00 Å². The number of alkyl carbamates (subject to hydrolysis) is 1. The van der Waals surface area contributed by atoms with Gasteiger partial charge in [-0.2, -0.15) is 4.31 Å². The highest BCUT2D eigenvalue weighted by Crippen LogP contribution is 2.28. The number of benzene rings is 1. The number of rotatable bonds is 6. The number of anilines is 1. The Hall–Kier alpha value is -2.81. The number of methoxy groups -OCH3 is 1. The normalized spacial score (nSPS) is 15.5. The highest BCUT2D eigenvalue weighted by molar-refractivity contribution is 7.90. The number of imide groups is 1. The molecule has 1 aliphatic heterocycles. The van der Waals surface area contributed by atoms with Crippen molar-refractivity contribution in [1.29, 1.82) is 0 Å². The van der Waals surface area contributed by atoms with E-state index in [-0.39, 0.29) is 52.2 Å². The van der Waals surface area contributed by atoms with Crippen LogP contribution in [0.4, 0.5) is 9.80 Å². The van der Waals surface area contributed by atoms with Crippen LogP contribution >= 0.6 is 11.3 Å². The lowest BCUT2D eigenvalue weighted by atomic mass is 9.97. The van der Waals surface area contributed by atoms with Crippen molar-refractivity contribution in [1.82, 2.24) is 9.62 Å². The highest BCUT2D eigenvalue weighted by Gasteiger charge is 2.33. The molecule has 0 saturated carbocycles. The summed E-state index contributed by atoms with van der Waals surface area (Å²) in [5.41, 5.74) is 0.112. The van der Waals surface area contributed by atoms with Gasteiger partial charge in [0.15, 0.2) is 9.84 Å². The number of carbonyl (C=O) groups excluding carboxylic acids is 3. The van der Waals surface area contributed by atoms with E-state index >= 15 is 0 Å². The third-order valence-corrected chi connectivity index (χ3v) is 9.13. The standard InChI is InChI=1S/C20H23N3O8S3/c1-31-20(26)22-18(25)16-9-12-32-19(16)21-17(24)13-7-10-23(11-8-13)34(29,30)15-5-3-14(4-6-15)33(2,27)28/h3-6,9,12-13H,7-8,10-11H2,1-2H3,(H,21,24)(H,22,25,26). The van der Waals surface area contributed by atoms with E-state index in [0.29, 0.717) is 0 Å². The number of sulfonamides is 1. The predicted molar refractivity (Wildman–Crippen MR) is 124 cm³/mol. The van der Waals surface area contributed by atoms with Crippen molar-refractivity contribution in [2.24, 2.45) is 5.92 Å². The Kier molecular flexibility index (Phi) is 7.75. The molecule has 3 amide bonds. The van der Waals surface area contributed by atoms with Gasteiger partial charge < -0.3 is 10.1 Å². The van der Waals surface area contributed by atoms with Crippen LogP contribution in [0, 0.1) is 5.92 Å². The minimum Gasteiger partial charge on any atom is -0.453 e. The van der Waals surface area contributed by atoms with Crippen LogP contribution in [0.3, 0.4) is 0 Å². The summed E-state index contributed by atoms with van der Waals surface area (Å²) in [4.78, 5) is 36.1. The van der Waals surface area contributed by atoms with Crippen LogP contribution in [0.25, 0.3) is 0 Å². The number of ether oxygens (including phenoxy) is 1. The molecule has 3 rings (SSSR count). The predicted octanol–water partition coefficient (Wildman–Crippen LogP) is 1.69. The summed E-state index contributed by atoms with van der Waals surface area (Å²) >= 11 is 1.12. The first-order valence-electron chi connectivity index (χ1n) is 10.0. The van der Waals surface area contributed by atoms with Crippen molar-refractivity contribution in [2.75, 3.05) is 31.8 Å². The largest absolute Gasteiger partial charge is 0.453 e. The molecule has 184 valence electrons. The maximum Gasteiger partial charge on any atom is 0.413 e. The minimum atomic E-state index is -3.84. The van der Waals surface area contributed by atoms with Crippen molar-refractivity contribution in [3.05, 3.63) is 41.3 Å². The Labute approximate surface area is 201 Å². The van der Waals surface area contributed by atoms with Crippen LogP contribution in [-0.4, -0.2) is 65.5 Å². The van der Waals surface area contributed by atoms with Crippen molar-refractivity contribution < 1.29 is 36.0 Å². The lowest BCUT2D eigenvalue weighted by Gasteiger charge is -2.30. The molecule has 2 heterocycles. The van der Waals surface area contributed by atoms with E-state index in [4.69, 9.17) is 0 Å². The Morgan fingerprint density at radius 3 is 2.15 bits per heavy atom. The van der Waals surface area contributed by atoms with Crippen LogP contribution in [0.5, 0.6) is 0 Å². The van der Waals surface area contributed by atoms with E-state index in [9.17, 15) is 31.2 Å². The molecule has 14 heteroatoms. The lowest BCUT2D eigenvalue weighted by molar-refractivity contribution is -0.120. The highest BCUT2D eigenvalue weighted by atomic mass is 32.2. The summed E-state index contributed by atoms with van der Waals surface area (Å²) in [6.45, 7) is 0.211. The van der Waals surface area contributed by atoms with Gasteiger partial charge in [0.05, 0.1) is 22.5 Å². The van der Waals surface area contributed by atoms with Crippen molar-refractivity contribution >= 4 is 54.1 Å². The van der Waals surface area contributed by atoms with Gasteiger partial charge in [-0.15, -0.1) is 11.3 Å². The number of hydrogen-bond donors (Lipinski definition) is 2. The van der Waals surface area contributed by atoms with Crippen LogP contribution in [-0.2, 0) is 29.4 Å². The topological polar surface area (TPSA) is 156 Å². The van der Waals surface area contributed by atoms with E-state index in [1.165, 1.54) is 34.6 Å². The Morgan fingerprint density at radius 2 is 1.59 bits per heavy atom. The zero-order valence-electron chi connectivity index (χ0n) is 18.3. The van der Waals surface area contributed by atoms with E-state index < -0.39 is 37.8 Å². The summed E-state index contributed by atoms with van der Waals surface area (Å²) in [5.74, 6) is -1.55. The van der Waals surface area contributed by atoms with Crippen molar-refractivity contribution in [3.8, 4) is 0 Å². The van der Waals surface area contributed by atoms with Crippen LogP contribution < -0.4 is 10.6 Å². The van der Waals surface area contributed by atoms with Gasteiger partial charge in [0.2, 0.25) is 15.9 Å². The molecule has 0 radical (unpaired) electrons. The van der Waals surface area contributed by atoms with Gasteiger partial charge in [-0.25, -0.2) is 21.6 Å². The van der Waals surface area contributed by atoms with E-state index in [2.05, 4.69) is 10.1 Å². The number of thiophene rings is 1. The van der Waals surface area contributed by atoms with Gasteiger partial charge in [0.25, 0.3) is 5.91 Å². The molecule has 1 aromatic heterocycles. The van der Waals surface area contributed by atoms with Crippen LogP contribution in [0.2, 0.25) is 0 Å². The number of hydrogen-bond acceptors (Lipinski definition) is 9. The SMILES string of the molecule is COC(=O)NC(=O)c1ccsc1NC(=O)C1CCN(S(=O)(=O)c2ccc(S(C)(=O)=O)cc2)CC1. The number of amides is 3. The molecule has 1 aliphatic rings. The number of nitrogens with zero attached hydrogens (tertiary/aromatic N) is 1. The summed E-state index contributed by atoms with van der Waals surface area (Å²) in [7, 11) is -6.17. The number of nitrogens with one attached hydrogen (secondary N) is 2. The van der Waals surface area contributed by atoms with Crippen LogP contribution in [0.15, 0.2) is 45.5 Å². The summed E-state index contributed by atoms with van der Waals surface area (Å²) in [6.07, 6.45) is 0.646. The fourth-order valence-corrected chi connectivity index (χ4v) is 6.26. The number of sulfone groups is 1. The van der Waals surface area contributed by atoms with E-state index in [1.54, 1.807) is 5.38 Å². The van der Waals surface area contributed by atoms with E-state index in [1.807, 2.05) is 5.32 Å².